The minimum atomic E-state index is 0.529. The van der Waals surface area contributed by atoms with Crippen LogP contribution in [-0.2, 0) is 0 Å². The predicted molar refractivity (Wildman–Crippen MR) is 75.1 cm³/mol. The first kappa shape index (κ1) is 13.1. The molecule has 0 atom stereocenters. The molecule has 2 rings (SSSR count). The van der Waals surface area contributed by atoms with Crippen molar-refractivity contribution in [2.24, 2.45) is 0 Å². The number of hydrogen-bond donors (Lipinski definition) is 1. The van der Waals surface area contributed by atoms with Crippen LogP contribution in [0.4, 0.5) is 5.69 Å². The average Bonchev–Trinajstić information content (AvgIpc) is 2.42. The molecule has 2 N–H and O–H groups in total. The fourth-order valence-corrected chi connectivity index (χ4v) is 1.67. The van der Waals surface area contributed by atoms with Crippen molar-refractivity contribution < 1.29 is 14.2 Å². The minimum absolute atomic E-state index is 0.529. The second-order valence-electron chi connectivity index (χ2n) is 3.91. The van der Waals surface area contributed by atoms with Gasteiger partial charge in [-0.1, -0.05) is 6.07 Å². The molecule has 4 heteroatoms. The highest BCUT2D eigenvalue weighted by atomic mass is 16.5. The summed E-state index contributed by atoms with van der Waals surface area (Å²) < 4.78 is 16.3. The molecule has 0 aromatic heterocycles. The molecule has 0 aliphatic heterocycles. The Bertz CT molecular complexity index is 555. The van der Waals surface area contributed by atoms with Crippen LogP contribution in [0.2, 0.25) is 0 Å². The Morgan fingerprint density at radius 2 is 1.79 bits per heavy atom. The van der Waals surface area contributed by atoms with Crippen molar-refractivity contribution in [3.63, 3.8) is 0 Å². The second-order valence-corrected chi connectivity index (χ2v) is 3.91. The van der Waals surface area contributed by atoms with Crippen molar-refractivity contribution in [3.05, 3.63) is 42.5 Å². The predicted octanol–water partition coefficient (Wildman–Crippen LogP) is 3.47. The van der Waals surface area contributed by atoms with Gasteiger partial charge in [0.1, 0.15) is 17.2 Å². The summed E-state index contributed by atoms with van der Waals surface area (Å²) in [5.41, 5.74) is 6.43. The molecule has 4 nitrogen and oxygen atoms in total. The Balaban J connectivity index is 2.18. The van der Waals surface area contributed by atoms with E-state index in [1.54, 1.807) is 25.3 Å². The number of anilines is 1. The number of nitrogens with two attached hydrogens (primary N) is 1. The van der Waals surface area contributed by atoms with E-state index in [1.807, 2.05) is 31.2 Å². The van der Waals surface area contributed by atoms with E-state index in [1.165, 1.54) is 0 Å². The molecule has 0 aliphatic carbocycles. The average molecular weight is 259 g/mol. The van der Waals surface area contributed by atoms with E-state index in [0.717, 1.165) is 5.75 Å². The summed E-state index contributed by atoms with van der Waals surface area (Å²) >= 11 is 0. The summed E-state index contributed by atoms with van der Waals surface area (Å²) in [5.74, 6) is 2.75. The molecular weight excluding hydrogens is 242 g/mol. The molecule has 0 amide bonds. The quantitative estimate of drug-likeness (QED) is 0.835. The van der Waals surface area contributed by atoms with Crippen LogP contribution in [0, 0.1) is 0 Å². The highest BCUT2D eigenvalue weighted by molar-refractivity contribution is 5.57. The standard InChI is InChI=1S/C15H17NO3/c1-3-18-12-5-4-6-13(9-12)19-15-8-7-11(17-2)10-14(15)16/h4-10H,3,16H2,1-2H3. The van der Waals surface area contributed by atoms with Crippen molar-refractivity contribution in [2.45, 2.75) is 6.92 Å². The third-order valence-electron chi connectivity index (χ3n) is 2.56. The molecule has 0 heterocycles. The first-order valence-electron chi connectivity index (χ1n) is 6.07. The molecular formula is C15H17NO3. The van der Waals surface area contributed by atoms with Gasteiger partial charge < -0.3 is 19.9 Å². The molecule has 19 heavy (non-hydrogen) atoms. The van der Waals surface area contributed by atoms with Gasteiger partial charge in [-0.25, -0.2) is 0 Å². The number of methoxy groups -OCH3 is 1. The normalized spacial score (nSPS) is 10.0. The van der Waals surface area contributed by atoms with Gasteiger partial charge >= 0.3 is 0 Å². The summed E-state index contributed by atoms with van der Waals surface area (Å²) in [6.07, 6.45) is 0. The smallest absolute Gasteiger partial charge is 0.150 e. The van der Waals surface area contributed by atoms with Gasteiger partial charge in [0.2, 0.25) is 0 Å². The highest BCUT2D eigenvalue weighted by Crippen LogP contribution is 2.31. The molecule has 0 spiro atoms. The molecule has 2 aromatic rings. The van der Waals surface area contributed by atoms with E-state index >= 15 is 0 Å². The van der Waals surface area contributed by atoms with Crippen molar-refractivity contribution in [3.8, 4) is 23.0 Å². The fraction of sp³-hybridized carbons (Fsp3) is 0.200. The zero-order valence-corrected chi connectivity index (χ0v) is 11.1. The van der Waals surface area contributed by atoms with E-state index in [9.17, 15) is 0 Å². The lowest BCUT2D eigenvalue weighted by Gasteiger charge is -2.11. The number of nitrogen functional groups attached to an aromatic ring is 1. The maximum atomic E-state index is 5.91. The first-order chi connectivity index (χ1) is 9.22. The largest absolute Gasteiger partial charge is 0.497 e. The fourth-order valence-electron chi connectivity index (χ4n) is 1.67. The molecule has 0 unspecified atom stereocenters. The van der Waals surface area contributed by atoms with Gasteiger partial charge in [0.15, 0.2) is 5.75 Å². The van der Waals surface area contributed by atoms with E-state index < -0.39 is 0 Å². The molecule has 0 saturated heterocycles. The summed E-state index contributed by atoms with van der Waals surface area (Å²) in [6.45, 7) is 2.56. The highest BCUT2D eigenvalue weighted by Gasteiger charge is 2.05. The number of ether oxygens (including phenoxy) is 3. The van der Waals surface area contributed by atoms with Crippen LogP contribution >= 0.6 is 0 Å². The van der Waals surface area contributed by atoms with Gasteiger partial charge in [-0.2, -0.15) is 0 Å². The molecule has 0 aliphatic rings. The van der Waals surface area contributed by atoms with Crippen LogP contribution in [-0.4, -0.2) is 13.7 Å². The zero-order chi connectivity index (χ0) is 13.7. The van der Waals surface area contributed by atoms with Crippen LogP contribution in [0.5, 0.6) is 23.0 Å². The lowest BCUT2D eigenvalue weighted by Crippen LogP contribution is -1.94. The Kier molecular flexibility index (Phi) is 4.13. The maximum Gasteiger partial charge on any atom is 0.150 e. The van der Waals surface area contributed by atoms with Crippen LogP contribution in [0.3, 0.4) is 0 Å². The van der Waals surface area contributed by atoms with Crippen molar-refractivity contribution in [1.82, 2.24) is 0 Å². The maximum absolute atomic E-state index is 5.91. The summed E-state index contributed by atoms with van der Waals surface area (Å²) in [6, 6.07) is 12.7. The number of hydrogen-bond acceptors (Lipinski definition) is 4. The first-order valence-corrected chi connectivity index (χ1v) is 6.07. The Hall–Kier alpha value is -2.36. The van der Waals surface area contributed by atoms with Crippen molar-refractivity contribution in [2.75, 3.05) is 19.5 Å². The Morgan fingerprint density at radius 3 is 2.47 bits per heavy atom. The molecule has 0 radical (unpaired) electrons. The van der Waals surface area contributed by atoms with Crippen LogP contribution in [0.25, 0.3) is 0 Å². The van der Waals surface area contributed by atoms with Crippen LogP contribution < -0.4 is 19.9 Å². The van der Waals surface area contributed by atoms with Crippen molar-refractivity contribution >= 4 is 5.69 Å². The third kappa shape index (κ3) is 3.31. The van der Waals surface area contributed by atoms with Gasteiger partial charge in [0.25, 0.3) is 0 Å². The summed E-state index contributed by atoms with van der Waals surface area (Å²) in [7, 11) is 1.60. The Labute approximate surface area is 112 Å². The van der Waals surface area contributed by atoms with E-state index in [4.69, 9.17) is 19.9 Å². The minimum Gasteiger partial charge on any atom is -0.497 e. The van der Waals surface area contributed by atoms with Gasteiger partial charge in [0.05, 0.1) is 19.4 Å². The topological polar surface area (TPSA) is 53.7 Å². The van der Waals surface area contributed by atoms with Crippen LogP contribution in [0.15, 0.2) is 42.5 Å². The van der Waals surface area contributed by atoms with E-state index in [-0.39, 0.29) is 0 Å². The third-order valence-corrected chi connectivity index (χ3v) is 2.56. The Morgan fingerprint density at radius 1 is 1.00 bits per heavy atom. The van der Waals surface area contributed by atoms with Gasteiger partial charge in [-0.15, -0.1) is 0 Å². The summed E-state index contributed by atoms with van der Waals surface area (Å²) in [5, 5.41) is 0. The molecule has 2 aromatic carbocycles. The molecule has 0 bridgehead atoms. The van der Waals surface area contributed by atoms with Crippen LogP contribution in [0.1, 0.15) is 6.92 Å². The SMILES string of the molecule is CCOc1cccc(Oc2ccc(OC)cc2N)c1. The number of rotatable bonds is 5. The lowest BCUT2D eigenvalue weighted by atomic mass is 10.2. The second kappa shape index (κ2) is 6.00. The monoisotopic (exact) mass is 259 g/mol. The lowest BCUT2D eigenvalue weighted by molar-refractivity contribution is 0.338. The van der Waals surface area contributed by atoms with Crippen molar-refractivity contribution in [1.29, 1.82) is 0 Å². The van der Waals surface area contributed by atoms with E-state index in [0.29, 0.717) is 29.5 Å². The molecule has 0 fully saturated rings. The van der Waals surface area contributed by atoms with Gasteiger partial charge in [-0.05, 0) is 31.2 Å². The van der Waals surface area contributed by atoms with Gasteiger partial charge in [-0.3, -0.25) is 0 Å². The van der Waals surface area contributed by atoms with E-state index in [2.05, 4.69) is 0 Å². The zero-order valence-electron chi connectivity index (χ0n) is 11.1. The molecule has 100 valence electrons. The number of benzene rings is 2. The van der Waals surface area contributed by atoms with Gasteiger partial charge in [0, 0.05) is 12.1 Å². The summed E-state index contributed by atoms with van der Waals surface area (Å²) in [4.78, 5) is 0. The molecule has 0 saturated carbocycles.